The van der Waals surface area contributed by atoms with Crippen molar-refractivity contribution in [1.29, 1.82) is 0 Å². The molecule has 2 heterocycles. The van der Waals surface area contributed by atoms with Crippen LogP contribution in [0.4, 0.5) is 4.79 Å². The Balaban J connectivity index is 1.85. The monoisotopic (exact) mass is 520 g/mol. The molecule has 10 atom stereocenters. The molecule has 0 bridgehead atoms. The van der Waals surface area contributed by atoms with Gasteiger partial charge in [-0.2, -0.15) is 0 Å². The summed E-state index contributed by atoms with van der Waals surface area (Å²) in [4.78, 5) is 35.7. The number of hydrogen-bond donors (Lipinski definition) is 4. The fourth-order valence-corrected chi connectivity index (χ4v) is 4.92. The molecule has 0 aromatic carbocycles. The summed E-state index contributed by atoms with van der Waals surface area (Å²) < 4.78 is 36.7. The van der Waals surface area contributed by atoms with E-state index in [1.165, 1.54) is 13.8 Å². The highest BCUT2D eigenvalue weighted by Crippen LogP contribution is 2.51. The van der Waals surface area contributed by atoms with Gasteiger partial charge in [-0.05, 0) is 13.8 Å². The Morgan fingerprint density at radius 2 is 1.78 bits per heavy atom. The van der Waals surface area contributed by atoms with E-state index in [-0.39, 0.29) is 18.6 Å². The first kappa shape index (κ1) is 28.1. The van der Waals surface area contributed by atoms with Gasteiger partial charge >= 0.3 is 18.1 Å². The van der Waals surface area contributed by atoms with E-state index in [1.54, 1.807) is 6.92 Å². The maximum Gasteiger partial charge on any atom is 0.508 e. The number of fused-ring (bicyclic) bond motifs is 1. The molecule has 36 heavy (non-hydrogen) atoms. The lowest BCUT2D eigenvalue weighted by Gasteiger charge is -2.44. The first-order chi connectivity index (χ1) is 16.9. The smallest absolute Gasteiger partial charge is 0.471 e. The number of methoxy groups -OCH3 is 1. The van der Waals surface area contributed by atoms with Gasteiger partial charge in [-0.25, -0.2) is 9.59 Å². The Hall–Kier alpha value is -2.49. The van der Waals surface area contributed by atoms with Crippen molar-refractivity contribution in [3.8, 4) is 0 Å². The molecule has 0 spiro atoms. The van der Waals surface area contributed by atoms with Crippen LogP contribution in [0, 0.1) is 11.8 Å². The summed E-state index contributed by atoms with van der Waals surface area (Å²) in [6, 6.07) is 0. The van der Waals surface area contributed by atoms with Crippen LogP contribution >= 0.6 is 0 Å². The van der Waals surface area contributed by atoms with Gasteiger partial charge < -0.3 is 53.6 Å². The van der Waals surface area contributed by atoms with Crippen molar-refractivity contribution in [2.45, 2.75) is 75.9 Å². The number of carbonyl (C=O) groups is 3. The third-order valence-corrected chi connectivity index (χ3v) is 6.46. The van der Waals surface area contributed by atoms with Crippen molar-refractivity contribution in [3.63, 3.8) is 0 Å². The van der Waals surface area contributed by atoms with Gasteiger partial charge in [-0.15, -0.1) is 0 Å². The van der Waals surface area contributed by atoms with Crippen LogP contribution in [0.1, 0.15) is 27.2 Å². The molecule has 3 rings (SSSR count). The molecule has 204 valence electrons. The summed E-state index contributed by atoms with van der Waals surface area (Å²) in [5.41, 5.74) is -1.37. The summed E-state index contributed by atoms with van der Waals surface area (Å²) in [6.45, 7) is 3.81. The quantitative estimate of drug-likeness (QED) is 0.229. The lowest BCUT2D eigenvalue weighted by molar-refractivity contribution is -0.346. The summed E-state index contributed by atoms with van der Waals surface area (Å²) in [7, 11) is 1.16. The van der Waals surface area contributed by atoms with Crippen molar-refractivity contribution in [2.24, 2.45) is 11.8 Å². The second-order valence-electron chi connectivity index (χ2n) is 8.94. The van der Waals surface area contributed by atoms with Gasteiger partial charge in [0.15, 0.2) is 6.29 Å². The van der Waals surface area contributed by atoms with Gasteiger partial charge in [0.05, 0.1) is 37.6 Å². The van der Waals surface area contributed by atoms with E-state index in [1.807, 2.05) is 0 Å². The summed E-state index contributed by atoms with van der Waals surface area (Å²) in [6.07, 6.45) is -10.6. The van der Waals surface area contributed by atoms with Gasteiger partial charge in [-0.3, -0.25) is 4.79 Å². The Bertz CT molecular complexity index is 860. The van der Waals surface area contributed by atoms with Crippen LogP contribution in [0.25, 0.3) is 0 Å². The van der Waals surface area contributed by atoms with Gasteiger partial charge in [0, 0.05) is 19.3 Å². The van der Waals surface area contributed by atoms with Gasteiger partial charge in [-0.1, -0.05) is 0 Å². The molecular formula is C22H32O14. The standard InChI is InChI=1S/C22H32O14/c1-5-31-21(29)33-8-12-15(25)16(26)17(27)20(34-12)35-19-14-13(10(7-32-19)18(28)30-4)11(24)6-22(14,3)36-9(2)23/h7,11-17,19-20,24-27H,5-6,8H2,1-4H3/t11-,12-,13+,14-,15-,16+,17-,19+,20+,22+/m1/s1. The topological polar surface area (TPSA) is 197 Å². The molecular weight excluding hydrogens is 488 g/mol. The van der Waals surface area contributed by atoms with Crippen LogP contribution in [-0.2, 0) is 42.7 Å². The van der Waals surface area contributed by atoms with Crippen molar-refractivity contribution >= 4 is 18.1 Å². The number of carbonyl (C=O) groups excluding carboxylic acids is 3. The minimum absolute atomic E-state index is 0.00740. The molecule has 0 aromatic rings. The Kier molecular flexibility index (Phi) is 8.80. The summed E-state index contributed by atoms with van der Waals surface area (Å²) in [5, 5.41) is 41.9. The van der Waals surface area contributed by atoms with E-state index < -0.39 is 85.2 Å². The largest absolute Gasteiger partial charge is 0.508 e. The Morgan fingerprint density at radius 1 is 1.08 bits per heavy atom. The first-order valence-corrected chi connectivity index (χ1v) is 11.4. The van der Waals surface area contributed by atoms with E-state index in [0.29, 0.717) is 0 Å². The number of aliphatic hydroxyl groups excluding tert-OH is 4. The zero-order valence-corrected chi connectivity index (χ0v) is 20.3. The molecule has 14 heteroatoms. The second-order valence-corrected chi connectivity index (χ2v) is 8.94. The zero-order chi connectivity index (χ0) is 26.8. The van der Waals surface area contributed by atoms with Crippen molar-refractivity contribution < 1.29 is 68.0 Å². The summed E-state index contributed by atoms with van der Waals surface area (Å²) >= 11 is 0. The molecule has 0 unspecified atom stereocenters. The van der Waals surface area contributed by atoms with Crippen LogP contribution in [0.5, 0.6) is 0 Å². The van der Waals surface area contributed by atoms with Gasteiger partial charge in [0.2, 0.25) is 6.29 Å². The number of hydrogen-bond acceptors (Lipinski definition) is 14. The number of rotatable bonds is 7. The number of esters is 2. The average Bonchev–Trinajstić information content (AvgIpc) is 3.08. The molecule has 4 N–H and O–H groups in total. The predicted molar refractivity (Wildman–Crippen MR) is 113 cm³/mol. The molecule has 14 nitrogen and oxygen atoms in total. The maximum absolute atomic E-state index is 12.3. The minimum Gasteiger partial charge on any atom is -0.471 e. The molecule has 2 aliphatic heterocycles. The van der Waals surface area contributed by atoms with E-state index in [4.69, 9.17) is 28.4 Å². The molecule has 0 amide bonds. The van der Waals surface area contributed by atoms with Crippen LogP contribution in [0.2, 0.25) is 0 Å². The van der Waals surface area contributed by atoms with E-state index in [9.17, 15) is 34.8 Å². The minimum atomic E-state index is -1.77. The SMILES string of the molecule is CCOC(=O)OC[C@H]1O[C@@H](O[C@@H]2OC=C(C(=O)OC)[C@@H]3[C@H]2[C@@](C)(OC(C)=O)C[C@H]3O)[C@H](O)[C@@H](O)[C@@H]1O. The lowest BCUT2D eigenvalue weighted by Crippen LogP contribution is -2.61. The van der Waals surface area contributed by atoms with E-state index in [0.717, 1.165) is 13.4 Å². The normalized spacial score (nSPS) is 39.8. The average molecular weight is 520 g/mol. The first-order valence-electron chi connectivity index (χ1n) is 11.4. The highest BCUT2D eigenvalue weighted by atomic mass is 16.8. The molecule has 3 aliphatic rings. The number of aliphatic hydroxyl groups is 4. The molecule has 0 radical (unpaired) electrons. The van der Waals surface area contributed by atoms with E-state index >= 15 is 0 Å². The van der Waals surface area contributed by atoms with E-state index in [2.05, 4.69) is 4.74 Å². The van der Waals surface area contributed by atoms with Gasteiger partial charge in [0.25, 0.3) is 0 Å². The van der Waals surface area contributed by atoms with Crippen molar-refractivity contribution in [1.82, 2.24) is 0 Å². The molecule has 0 aromatic heterocycles. The van der Waals surface area contributed by atoms with Crippen LogP contribution in [-0.4, -0.2) is 108 Å². The maximum atomic E-state index is 12.3. The highest BCUT2D eigenvalue weighted by Gasteiger charge is 2.62. The van der Waals surface area contributed by atoms with Crippen molar-refractivity contribution in [2.75, 3.05) is 20.3 Å². The third-order valence-electron chi connectivity index (χ3n) is 6.46. The van der Waals surface area contributed by atoms with Crippen LogP contribution in [0.3, 0.4) is 0 Å². The predicted octanol–water partition coefficient (Wildman–Crippen LogP) is -1.28. The molecule has 1 saturated carbocycles. The third kappa shape index (κ3) is 5.58. The van der Waals surface area contributed by atoms with Crippen molar-refractivity contribution in [3.05, 3.63) is 11.8 Å². The van der Waals surface area contributed by atoms with Gasteiger partial charge in [0.1, 0.15) is 36.6 Å². The summed E-state index contributed by atoms with van der Waals surface area (Å²) in [5.74, 6) is -3.32. The number of ether oxygens (including phenoxy) is 7. The Morgan fingerprint density at radius 3 is 2.39 bits per heavy atom. The lowest BCUT2D eigenvalue weighted by atomic mass is 9.80. The fourth-order valence-electron chi connectivity index (χ4n) is 4.92. The molecule has 1 aliphatic carbocycles. The van der Waals surface area contributed by atoms with Crippen LogP contribution in [0.15, 0.2) is 11.8 Å². The molecule has 2 fully saturated rings. The van der Waals surface area contributed by atoms with Crippen LogP contribution < -0.4 is 0 Å². The fraction of sp³-hybridized carbons (Fsp3) is 0.773. The highest BCUT2D eigenvalue weighted by molar-refractivity contribution is 5.89. The second kappa shape index (κ2) is 11.3. The zero-order valence-electron chi connectivity index (χ0n) is 20.3. The molecule has 1 saturated heterocycles. The Labute approximate surface area is 206 Å².